The summed E-state index contributed by atoms with van der Waals surface area (Å²) in [6.45, 7) is 2.32. The molecule has 1 aromatic rings. The first-order valence-corrected chi connectivity index (χ1v) is 8.09. The Morgan fingerprint density at radius 2 is 2.00 bits per heavy atom. The van der Waals surface area contributed by atoms with Crippen molar-refractivity contribution < 1.29 is 10.2 Å². The molecule has 4 rings (SSSR count). The zero-order valence-corrected chi connectivity index (χ0v) is 12.2. The van der Waals surface area contributed by atoms with Gasteiger partial charge in [0.25, 0.3) is 0 Å². The van der Waals surface area contributed by atoms with Crippen LogP contribution in [-0.2, 0) is 6.42 Å². The molecule has 0 spiro atoms. The number of aromatic hydroxyl groups is 1. The Labute approximate surface area is 120 Å². The van der Waals surface area contributed by atoms with E-state index >= 15 is 0 Å². The molecule has 2 heteroatoms. The van der Waals surface area contributed by atoms with Gasteiger partial charge in [-0.2, -0.15) is 0 Å². The summed E-state index contributed by atoms with van der Waals surface area (Å²) in [5.74, 6) is 2.49. The maximum atomic E-state index is 10.4. The molecule has 0 radical (unpaired) electrons. The fraction of sp³-hybridized carbons (Fsp3) is 0.667. The zero-order chi connectivity index (χ0) is 13.9. The second-order valence-corrected chi connectivity index (χ2v) is 7.44. The summed E-state index contributed by atoms with van der Waals surface area (Å²) in [7, 11) is 0. The highest BCUT2D eigenvalue weighted by molar-refractivity contribution is 5.40. The largest absolute Gasteiger partial charge is 0.508 e. The van der Waals surface area contributed by atoms with E-state index in [9.17, 15) is 10.2 Å². The molecule has 20 heavy (non-hydrogen) atoms. The van der Waals surface area contributed by atoms with E-state index < -0.39 is 0 Å². The normalized spacial score (nSPS) is 42.7. The monoisotopic (exact) mass is 272 g/mol. The molecule has 5 atom stereocenters. The minimum atomic E-state index is -0.0883. The molecule has 0 aliphatic heterocycles. The van der Waals surface area contributed by atoms with E-state index in [2.05, 4.69) is 13.0 Å². The number of phenols is 1. The minimum Gasteiger partial charge on any atom is -0.508 e. The first kappa shape index (κ1) is 12.7. The minimum absolute atomic E-state index is 0.0883. The summed E-state index contributed by atoms with van der Waals surface area (Å²) >= 11 is 0. The second kappa shape index (κ2) is 4.24. The van der Waals surface area contributed by atoms with Crippen LogP contribution in [0.2, 0.25) is 0 Å². The van der Waals surface area contributed by atoms with Gasteiger partial charge >= 0.3 is 0 Å². The van der Waals surface area contributed by atoms with Crippen LogP contribution in [0.1, 0.15) is 56.1 Å². The van der Waals surface area contributed by atoms with Crippen molar-refractivity contribution in [2.45, 2.75) is 57.5 Å². The van der Waals surface area contributed by atoms with E-state index in [1.807, 2.05) is 12.1 Å². The van der Waals surface area contributed by atoms with Gasteiger partial charge in [0.1, 0.15) is 5.75 Å². The fourth-order valence-corrected chi connectivity index (χ4v) is 5.54. The van der Waals surface area contributed by atoms with Crippen molar-refractivity contribution in [2.24, 2.45) is 17.3 Å². The molecule has 3 aliphatic carbocycles. The molecular weight excluding hydrogens is 248 g/mol. The van der Waals surface area contributed by atoms with Crippen molar-refractivity contribution >= 4 is 0 Å². The fourth-order valence-electron chi connectivity index (χ4n) is 5.54. The van der Waals surface area contributed by atoms with Gasteiger partial charge in [-0.05, 0) is 85.0 Å². The van der Waals surface area contributed by atoms with Crippen LogP contribution in [0.4, 0.5) is 0 Å². The Hall–Kier alpha value is -1.02. The number of hydrogen-bond acceptors (Lipinski definition) is 2. The molecular formula is C18H24O2. The van der Waals surface area contributed by atoms with Crippen LogP contribution < -0.4 is 0 Å². The third-order valence-electron chi connectivity index (χ3n) is 6.66. The van der Waals surface area contributed by atoms with Gasteiger partial charge in [0.15, 0.2) is 0 Å². The van der Waals surface area contributed by atoms with Gasteiger partial charge in [0.2, 0.25) is 0 Å². The Bertz CT molecular complexity index is 538. The summed E-state index contributed by atoms with van der Waals surface area (Å²) in [6.07, 6.45) is 6.78. The van der Waals surface area contributed by atoms with Gasteiger partial charge in [-0.1, -0.05) is 13.0 Å². The van der Waals surface area contributed by atoms with Crippen molar-refractivity contribution in [2.75, 3.05) is 0 Å². The van der Waals surface area contributed by atoms with Gasteiger partial charge in [0, 0.05) is 0 Å². The van der Waals surface area contributed by atoms with Crippen LogP contribution in [0.5, 0.6) is 5.75 Å². The van der Waals surface area contributed by atoms with Crippen LogP contribution in [-0.4, -0.2) is 16.3 Å². The predicted octanol–water partition coefficient (Wildman–Crippen LogP) is 3.61. The van der Waals surface area contributed by atoms with Gasteiger partial charge in [-0.25, -0.2) is 0 Å². The number of phenolic OH excluding ortho intramolecular Hbond substituents is 1. The molecule has 0 saturated heterocycles. The van der Waals surface area contributed by atoms with E-state index in [1.165, 1.54) is 30.4 Å². The maximum Gasteiger partial charge on any atom is 0.115 e. The van der Waals surface area contributed by atoms with E-state index in [-0.39, 0.29) is 11.5 Å². The Balaban J connectivity index is 1.71. The number of aryl methyl sites for hydroxylation is 1. The highest BCUT2D eigenvalue weighted by Crippen LogP contribution is 2.60. The van der Waals surface area contributed by atoms with Crippen molar-refractivity contribution in [3.63, 3.8) is 0 Å². The Morgan fingerprint density at radius 1 is 1.15 bits per heavy atom. The van der Waals surface area contributed by atoms with Crippen LogP contribution >= 0.6 is 0 Å². The van der Waals surface area contributed by atoms with Crippen molar-refractivity contribution in [1.82, 2.24) is 0 Å². The van der Waals surface area contributed by atoms with E-state index in [4.69, 9.17) is 0 Å². The molecule has 108 valence electrons. The van der Waals surface area contributed by atoms with Gasteiger partial charge < -0.3 is 10.2 Å². The van der Waals surface area contributed by atoms with Gasteiger partial charge in [-0.15, -0.1) is 0 Å². The van der Waals surface area contributed by atoms with E-state index in [1.54, 1.807) is 0 Å². The highest BCUT2D eigenvalue weighted by Gasteiger charge is 2.54. The lowest BCUT2D eigenvalue weighted by Crippen LogP contribution is -2.43. The molecule has 2 nitrogen and oxygen atoms in total. The summed E-state index contributed by atoms with van der Waals surface area (Å²) < 4.78 is 0. The number of benzene rings is 1. The molecule has 3 unspecified atom stereocenters. The van der Waals surface area contributed by atoms with Crippen LogP contribution in [0.25, 0.3) is 0 Å². The number of fused-ring (bicyclic) bond motifs is 5. The first-order valence-electron chi connectivity index (χ1n) is 8.09. The van der Waals surface area contributed by atoms with Crippen LogP contribution in [0.15, 0.2) is 18.2 Å². The molecule has 0 heterocycles. The average molecular weight is 272 g/mol. The van der Waals surface area contributed by atoms with Crippen LogP contribution in [0.3, 0.4) is 0 Å². The lowest BCUT2D eigenvalue weighted by atomic mass is 9.55. The van der Waals surface area contributed by atoms with Crippen LogP contribution in [0, 0.1) is 17.3 Å². The Morgan fingerprint density at radius 3 is 2.85 bits per heavy atom. The third kappa shape index (κ3) is 1.60. The van der Waals surface area contributed by atoms with E-state index in [0.717, 1.165) is 25.2 Å². The first-order chi connectivity index (χ1) is 9.59. The quantitative estimate of drug-likeness (QED) is 0.757. The highest BCUT2D eigenvalue weighted by atomic mass is 16.3. The number of aliphatic hydroxyl groups excluding tert-OH is 1. The predicted molar refractivity (Wildman–Crippen MR) is 78.7 cm³/mol. The number of hydrogen-bond donors (Lipinski definition) is 2. The molecule has 1 aromatic carbocycles. The second-order valence-electron chi connectivity index (χ2n) is 7.44. The van der Waals surface area contributed by atoms with Gasteiger partial charge in [-0.3, -0.25) is 0 Å². The molecule has 3 aliphatic rings. The molecule has 0 aromatic heterocycles. The Kier molecular flexibility index (Phi) is 2.69. The molecule has 0 bridgehead atoms. The topological polar surface area (TPSA) is 40.5 Å². The zero-order valence-electron chi connectivity index (χ0n) is 12.2. The van der Waals surface area contributed by atoms with Crippen molar-refractivity contribution in [3.8, 4) is 5.75 Å². The maximum absolute atomic E-state index is 10.4. The molecule has 0 amide bonds. The summed E-state index contributed by atoms with van der Waals surface area (Å²) in [6, 6.07) is 5.96. The third-order valence-corrected chi connectivity index (χ3v) is 6.66. The summed E-state index contributed by atoms with van der Waals surface area (Å²) in [5, 5.41) is 20.0. The smallest absolute Gasteiger partial charge is 0.115 e. The average Bonchev–Trinajstić information content (AvgIpc) is 2.74. The molecule has 2 saturated carbocycles. The number of aliphatic hydroxyl groups is 1. The lowest BCUT2D eigenvalue weighted by Gasteiger charge is -2.50. The SMILES string of the molecule is C[C@]12CCC3c4ccc(O)cc4CCC3C1CC[C@@H]2O. The standard InChI is InChI=1S/C18H24O2/c1-18-9-8-14-13-5-3-12(19)10-11(13)2-4-15(14)16(18)6-7-17(18)20/h3,5,10,14-17,19-20H,2,4,6-9H2,1H3/t14?,15?,16?,17-,18-/m0/s1. The van der Waals surface area contributed by atoms with E-state index in [0.29, 0.717) is 17.6 Å². The molecule has 2 fully saturated rings. The lowest BCUT2D eigenvalue weighted by molar-refractivity contribution is -0.0226. The van der Waals surface area contributed by atoms with Gasteiger partial charge in [0.05, 0.1) is 6.10 Å². The summed E-state index contributed by atoms with van der Waals surface area (Å²) in [5.41, 5.74) is 2.99. The van der Waals surface area contributed by atoms with Crippen molar-refractivity contribution in [1.29, 1.82) is 0 Å². The summed E-state index contributed by atoms with van der Waals surface area (Å²) in [4.78, 5) is 0. The molecule has 2 N–H and O–H groups in total. The van der Waals surface area contributed by atoms with Crippen molar-refractivity contribution in [3.05, 3.63) is 29.3 Å². The number of rotatable bonds is 0.